The molecule has 0 aliphatic carbocycles. The molecule has 2 nitrogen and oxygen atoms in total. The molecule has 0 bridgehead atoms. The van der Waals surface area contributed by atoms with E-state index in [0.717, 1.165) is 0 Å². The van der Waals surface area contributed by atoms with E-state index in [2.05, 4.69) is 13.8 Å². The lowest BCUT2D eigenvalue weighted by molar-refractivity contribution is 0.501. The maximum absolute atomic E-state index is 5.49. The molecule has 0 aromatic rings. The predicted molar refractivity (Wildman–Crippen MR) is 39.1 cm³/mol. The van der Waals surface area contributed by atoms with E-state index in [9.17, 15) is 0 Å². The minimum absolute atomic E-state index is 0. The molecular weight excluding hydrogens is 124 g/mol. The van der Waals surface area contributed by atoms with Crippen molar-refractivity contribution in [2.45, 2.75) is 19.9 Å². The zero-order chi connectivity index (χ0) is 5.86. The molecule has 0 fully saturated rings. The minimum atomic E-state index is 0. The van der Waals surface area contributed by atoms with E-state index in [4.69, 9.17) is 11.5 Å². The van der Waals surface area contributed by atoms with Crippen molar-refractivity contribution in [2.24, 2.45) is 17.4 Å². The third-order valence-corrected chi connectivity index (χ3v) is 1.13. The molecule has 0 aliphatic heterocycles. The number of halogens is 1. The molecule has 4 N–H and O–H groups in total. The number of rotatable bonds is 2. The van der Waals surface area contributed by atoms with Crippen LogP contribution in [0.15, 0.2) is 0 Å². The molecule has 0 aromatic carbocycles. The Labute approximate surface area is 57.0 Å². The van der Waals surface area contributed by atoms with E-state index in [-0.39, 0.29) is 18.4 Å². The maximum atomic E-state index is 5.49. The van der Waals surface area contributed by atoms with E-state index in [0.29, 0.717) is 12.5 Å². The molecule has 0 unspecified atom stereocenters. The highest BCUT2D eigenvalue weighted by Gasteiger charge is 2.01. The van der Waals surface area contributed by atoms with Gasteiger partial charge in [0.1, 0.15) is 0 Å². The van der Waals surface area contributed by atoms with Crippen LogP contribution in [0.25, 0.3) is 0 Å². The fourth-order valence-electron chi connectivity index (χ4n) is 0.272. The Hall–Kier alpha value is 0.210. The van der Waals surface area contributed by atoms with Gasteiger partial charge in [0.15, 0.2) is 0 Å². The van der Waals surface area contributed by atoms with Gasteiger partial charge in [-0.2, -0.15) is 0 Å². The fourth-order valence-corrected chi connectivity index (χ4v) is 0.272. The number of hydrogen-bond donors (Lipinski definition) is 2. The van der Waals surface area contributed by atoms with Gasteiger partial charge in [-0.15, -0.1) is 12.4 Å². The Kier molecular flexibility index (Phi) is 7.40. The summed E-state index contributed by atoms with van der Waals surface area (Å²) in [4.78, 5) is 0. The standard InChI is InChI=1S/C5H14N2.ClH/c1-4(2)5(7)3-6;/h4-5H,3,6-7H2,1-2H3;1H/t5-;/m1./s1. The zero-order valence-electron chi connectivity index (χ0n) is 5.42. The second kappa shape index (κ2) is 5.35. The number of nitrogens with two attached hydrogens (primary N) is 2. The summed E-state index contributed by atoms with van der Waals surface area (Å²) in [5.74, 6) is 0.519. The van der Waals surface area contributed by atoms with E-state index in [1.165, 1.54) is 0 Å². The fraction of sp³-hybridized carbons (Fsp3) is 1.00. The van der Waals surface area contributed by atoms with Crippen molar-refractivity contribution in [3.8, 4) is 0 Å². The van der Waals surface area contributed by atoms with E-state index < -0.39 is 0 Å². The second-order valence-electron chi connectivity index (χ2n) is 2.14. The smallest absolute Gasteiger partial charge is 0.0186 e. The van der Waals surface area contributed by atoms with Crippen LogP contribution < -0.4 is 11.5 Å². The molecule has 0 heterocycles. The van der Waals surface area contributed by atoms with Crippen molar-refractivity contribution in [3.05, 3.63) is 0 Å². The normalized spacial score (nSPS) is 13.1. The lowest BCUT2D eigenvalue weighted by atomic mass is 10.1. The van der Waals surface area contributed by atoms with Crippen LogP contribution >= 0.6 is 12.4 Å². The zero-order valence-corrected chi connectivity index (χ0v) is 6.24. The first-order valence-corrected chi connectivity index (χ1v) is 2.64. The summed E-state index contributed by atoms with van der Waals surface area (Å²) >= 11 is 0. The molecule has 0 saturated carbocycles. The van der Waals surface area contributed by atoms with Gasteiger partial charge in [-0.3, -0.25) is 0 Å². The van der Waals surface area contributed by atoms with Crippen LogP contribution in [0.5, 0.6) is 0 Å². The SMILES string of the molecule is CC(C)[C@H](N)CN.Cl. The highest BCUT2D eigenvalue weighted by molar-refractivity contribution is 5.85. The molecule has 0 rings (SSSR count). The van der Waals surface area contributed by atoms with Crippen molar-refractivity contribution in [1.82, 2.24) is 0 Å². The summed E-state index contributed by atoms with van der Waals surface area (Å²) in [5.41, 5.74) is 10.7. The first kappa shape index (κ1) is 11.1. The average molecular weight is 139 g/mol. The molecular formula is C5H15ClN2. The van der Waals surface area contributed by atoms with Crippen LogP contribution in [-0.4, -0.2) is 12.6 Å². The van der Waals surface area contributed by atoms with Crippen LogP contribution in [-0.2, 0) is 0 Å². The van der Waals surface area contributed by atoms with Gasteiger partial charge in [-0.1, -0.05) is 13.8 Å². The lowest BCUT2D eigenvalue weighted by Crippen LogP contribution is -2.34. The molecule has 0 saturated heterocycles. The Morgan fingerprint density at radius 3 is 1.75 bits per heavy atom. The Balaban J connectivity index is 0. The van der Waals surface area contributed by atoms with E-state index >= 15 is 0 Å². The second-order valence-corrected chi connectivity index (χ2v) is 2.14. The minimum Gasteiger partial charge on any atom is -0.329 e. The van der Waals surface area contributed by atoms with Crippen LogP contribution in [0.3, 0.4) is 0 Å². The van der Waals surface area contributed by atoms with Crippen molar-refractivity contribution in [1.29, 1.82) is 0 Å². The van der Waals surface area contributed by atoms with Gasteiger partial charge in [0, 0.05) is 12.6 Å². The van der Waals surface area contributed by atoms with Crippen molar-refractivity contribution >= 4 is 12.4 Å². The predicted octanol–water partition coefficient (Wildman–Crippen LogP) is 0.350. The lowest BCUT2D eigenvalue weighted by Gasteiger charge is -2.10. The third-order valence-electron chi connectivity index (χ3n) is 1.13. The van der Waals surface area contributed by atoms with Gasteiger partial charge in [0.2, 0.25) is 0 Å². The van der Waals surface area contributed by atoms with Crippen molar-refractivity contribution in [2.75, 3.05) is 6.54 Å². The topological polar surface area (TPSA) is 52.0 Å². The quantitative estimate of drug-likeness (QED) is 0.579. The molecule has 8 heavy (non-hydrogen) atoms. The van der Waals surface area contributed by atoms with Gasteiger partial charge in [-0.25, -0.2) is 0 Å². The summed E-state index contributed by atoms with van der Waals surface area (Å²) in [6.45, 7) is 4.73. The molecule has 0 amide bonds. The van der Waals surface area contributed by atoms with Crippen LogP contribution in [0, 0.1) is 5.92 Å². The van der Waals surface area contributed by atoms with Crippen LogP contribution in [0.4, 0.5) is 0 Å². The van der Waals surface area contributed by atoms with Gasteiger partial charge in [0.05, 0.1) is 0 Å². The van der Waals surface area contributed by atoms with Crippen LogP contribution in [0.2, 0.25) is 0 Å². The Morgan fingerprint density at radius 2 is 1.75 bits per heavy atom. The third kappa shape index (κ3) is 4.37. The molecule has 0 aromatic heterocycles. The molecule has 0 radical (unpaired) electrons. The van der Waals surface area contributed by atoms with Gasteiger partial charge in [0.25, 0.3) is 0 Å². The van der Waals surface area contributed by atoms with Crippen molar-refractivity contribution in [3.63, 3.8) is 0 Å². The van der Waals surface area contributed by atoms with E-state index in [1.54, 1.807) is 0 Å². The summed E-state index contributed by atoms with van der Waals surface area (Å²) in [6.07, 6.45) is 0. The average Bonchev–Trinajstić information content (AvgIpc) is 1.65. The van der Waals surface area contributed by atoms with Crippen molar-refractivity contribution < 1.29 is 0 Å². The van der Waals surface area contributed by atoms with Gasteiger partial charge in [-0.05, 0) is 5.92 Å². The molecule has 0 spiro atoms. The first-order valence-electron chi connectivity index (χ1n) is 2.64. The van der Waals surface area contributed by atoms with Crippen LogP contribution in [0.1, 0.15) is 13.8 Å². The Bertz CT molecular complexity index is 47.7. The molecule has 3 heteroatoms. The maximum Gasteiger partial charge on any atom is 0.0186 e. The summed E-state index contributed by atoms with van der Waals surface area (Å²) in [7, 11) is 0. The summed E-state index contributed by atoms with van der Waals surface area (Å²) in [6, 6.07) is 0.181. The summed E-state index contributed by atoms with van der Waals surface area (Å²) in [5, 5.41) is 0. The molecule has 1 atom stereocenters. The largest absolute Gasteiger partial charge is 0.329 e. The number of hydrogen-bond acceptors (Lipinski definition) is 2. The highest BCUT2D eigenvalue weighted by Crippen LogP contribution is 1.93. The van der Waals surface area contributed by atoms with E-state index in [1.807, 2.05) is 0 Å². The first-order chi connectivity index (χ1) is 3.18. The van der Waals surface area contributed by atoms with Gasteiger partial charge >= 0.3 is 0 Å². The highest BCUT2D eigenvalue weighted by atomic mass is 35.5. The molecule has 0 aliphatic rings. The van der Waals surface area contributed by atoms with Gasteiger partial charge < -0.3 is 11.5 Å². The molecule has 52 valence electrons. The monoisotopic (exact) mass is 138 g/mol. The summed E-state index contributed by atoms with van der Waals surface area (Å²) < 4.78 is 0. The Morgan fingerprint density at radius 1 is 1.38 bits per heavy atom.